The third-order valence-electron chi connectivity index (χ3n) is 2.50. The fraction of sp³-hybridized carbons (Fsp3) is 0.600. The zero-order valence-electron chi connectivity index (χ0n) is 8.51. The number of aliphatic hydroxyl groups is 1. The minimum atomic E-state index is -0.163. The van der Waals surface area contributed by atoms with Gasteiger partial charge in [0.25, 0.3) is 0 Å². The summed E-state index contributed by atoms with van der Waals surface area (Å²) in [4.78, 5) is 1.28. The van der Waals surface area contributed by atoms with Crippen LogP contribution >= 0.6 is 27.3 Å². The van der Waals surface area contributed by atoms with Crippen LogP contribution in [0.5, 0.6) is 0 Å². The summed E-state index contributed by atoms with van der Waals surface area (Å²) in [6.07, 6.45) is 0.923. The average Bonchev–Trinajstić information content (AvgIpc) is 2.61. The van der Waals surface area contributed by atoms with Crippen molar-refractivity contribution in [3.05, 3.63) is 20.8 Å². The summed E-state index contributed by atoms with van der Waals surface area (Å²) >= 11 is 5.21. The van der Waals surface area contributed by atoms with Crippen LogP contribution < -0.4 is 5.32 Å². The molecule has 14 heavy (non-hydrogen) atoms. The third kappa shape index (κ3) is 3.05. The summed E-state index contributed by atoms with van der Waals surface area (Å²) < 4.78 is 1.14. The molecule has 2 N–H and O–H groups in total. The lowest BCUT2D eigenvalue weighted by molar-refractivity contribution is 0.169. The zero-order chi connectivity index (χ0) is 10.6. The highest BCUT2D eigenvalue weighted by molar-refractivity contribution is 9.10. The topological polar surface area (TPSA) is 32.3 Å². The van der Waals surface area contributed by atoms with Gasteiger partial charge in [0.1, 0.15) is 0 Å². The van der Waals surface area contributed by atoms with Gasteiger partial charge in [-0.25, -0.2) is 0 Å². The van der Waals surface area contributed by atoms with Crippen LogP contribution in [0, 0.1) is 0 Å². The Morgan fingerprint density at radius 1 is 1.64 bits per heavy atom. The van der Waals surface area contributed by atoms with Crippen LogP contribution in [0.25, 0.3) is 0 Å². The molecule has 0 radical (unpaired) electrons. The molecule has 1 unspecified atom stereocenters. The van der Waals surface area contributed by atoms with E-state index in [1.807, 2.05) is 13.0 Å². The highest BCUT2D eigenvalue weighted by atomic mass is 79.9. The van der Waals surface area contributed by atoms with Crippen molar-refractivity contribution in [3.8, 4) is 0 Å². The highest BCUT2D eigenvalue weighted by Crippen LogP contribution is 2.23. The van der Waals surface area contributed by atoms with Gasteiger partial charge in [-0.1, -0.05) is 6.92 Å². The monoisotopic (exact) mass is 277 g/mol. The number of halogens is 1. The standard InChI is InChI=1S/C10H16BrNOS/c1-3-10(2,7-13)12-6-9-8(11)4-5-14-9/h4-5,12-13H,3,6-7H2,1-2H3. The maximum absolute atomic E-state index is 9.21. The molecule has 0 spiro atoms. The molecule has 0 aliphatic heterocycles. The molecule has 0 saturated carbocycles. The van der Waals surface area contributed by atoms with Gasteiger partial charge < -0.3 is 10.4 Å². The van der Waals surface area contributed by atoms with Crippen molar-refractivity contribution in [3.63, 3.8) is 0 Å². The van der Waals surface area contributed by atoms with E-state index in [0.29, 0.717) is 0 Å². The summed E-state index contributed by atoms with van der Waals surface area (Å²) in [6.45, 7) is 5.09. The van der Waals surface area contributed by atoms with Crippen LogP contribution in [0.3, 0.4) is 0 Å². The Balaban J connectivity index is 2.52. The molecule has 1 aromatic rings. The Kier molecular flexibility index (Phi) is 4.57. The molecule has 0 bridgehead atoms. The Hall–Kier alpha value is 0.100. The van der Waals surface area contributed by atoms with E-state index < -0.39 is 0 Å². The van der Waals surface area contributed by atoms with Gasteiger partial charge in [-0.05, 0) is 40.7 Å². The van der Waals surface area contributed by atoms with E-state index >= 15 is 0 Å². The number of thiophene rings is 1. The summed E-state index contributed by atoms with van der Waals surface area (Å²) in [6, 6.07) is 2.05. The molecule has 2 nitrogen and oxygen atoms in total. The van der Waals surface area contributed by atoms with Gasteiger partial charge in [-0.2, -0.15) is 0 Å². The number of aliphatic hydroxyl groups excluding tert-OH is 1. The Morgan fingerprint density at radius 3 is 2.79 bits per heavy atom. The maximum Gasteiger partial charge on any atom is 0.0610 e. The average molecular weight is 278 g/mol. The lowest BCUT2D eigenvalue weighted by atomic mass is 10.0. The van der Waals surface area contributed by atoms with Crippen LogP contribution in [-0.2, 0) is 6.54 Å². The molecular formula is C10H16BrNOS. The quantitative estimate of drug-likeness (QED) is 0.868. The van der Waals surface area contributed by atoms with Crippen LogP contribution in [0.2, 0.25) is 0 Å². The minimum Gasteiger partial charge on any atom is -0.394 e. The SMILES string of the molecule is CCC(C)(CO)NCc1sccc1Br. The molecule has 4 heteroatoms. The van der Waals surface area contributed by atoms with Gasteiger partial charge >= 0.3 is 0 Å². The molecule has 0 saturated heterocycles. The lowest BCUT2D eigenvalue weighted by Crippen LogP contribution is -2.44. The Morgan fingerprint density at radius 2 is 2.36 bits per heavy atom. The van der Waals surface area contributed by atoms with Gasteiger partial charge in [0, 0.05) is 21.4 Å². The molecule has 1 aromatic heterocycles. The number of hydrogen-bond acceptors (Lipinski definition) is 3. The molecule has 0 fully saturated rings. The van der Waals surface area contributed by atoms with Crippen molar-refractivity contribution in [2.45, 2.75) is 32.4 Å². The van der Waals surface area contributed by atoms with E-state index in [4.69, 9.17) is 0 Å². The van der Waals surface area contributed by atoms with E-state index in [1.165, 1.54) is 4.88 Å². The predicted molar refractivity (Wildman–Crippen MR) is 64.6 cm³/mol. The largest absolute Gasteiger partial charge is 0.394 e. The van der Waals surface area contributed by atoms with E-state index in [1.54, 1.807) is 11.3 Å². The minimum absolute atomic E-state index is 0.163. The molecule has 0 aliphatic rings. The summed E-state index contributed by atoms with van der Waals surface area (Å²) in [5, 5.41) is 14.6. The molecule has 80 valence electrons. The predicted octanol–water partition coefficient (Wildman–Crippen LogP) is 2.76. The lowest BCUT2D eigenvalue weighted by Gasteiger charge is -2.27. The van der Waals surface area contributed by atoms with Crippen LogP contribution in [0.4, 0.5) is 0 Å². The maximum atomic E-state index is 9.21. The normalized spacial score (nSPS) is 15.4. The smallest absolute Gasteiger partial charge is 0.0610 e. The molecule has 0 aliphatic carbocycles. The second-order valence-electron chi connectivity index (χ2n) is 3.62. The first-order valence-corrected chi connectivity index (χ1v) is 6.36. The van der Waals surface area contributed by atoms with Gasteiger partial charge in [-0.3, -0.25) is 0 Å². The first kappa shape index (κ1) is 12.2. The second-order valence-corrected chi connectivity index (χ2v) is 5.47. The summed E-state index contributed by atoms with van der Waals surface area (Å²) in [5.74, 6) is 0. The molecule has 1 rings (SSSR count). The molecule has 0 aromatic carbocycles. The number of nitrogens with one attached hydrogen (secondary N) is 1. The first-order chi connectivity index (χ1) is 6.61. The van der Waals surface area contributed by atoms with Crippen molar-refractivity contribution in [2.24, 2.45) is 0 Å². The first-order valence-electron chi connectivity index (χ1n) is 4.69. The van der Waals surface area contributed by atoms with Gasteiger partial charge in [0.2, 0.25) is 0 Å². The van der Waals surface area contributed by atoms with Gasteiger partial charge in [0.05, 0.1) is 6.61 Å². The van der Waals surface area contributed by atoms with E-state index in [0.717, 1.165) is 17.4 Å². The van der Waals surface area contributed by atoms with Crippen LogP contribution in [-0.4, -0.2) is 17.3 Å². The number of rotatable bonds is 5. The fourth-order valence-corrected chi connectivity index (χ4v) is 2.47. The van der Waals surface area contributed by atoms with Crippen molar-refractivity contribution in [2.75, 3.05) is 6.61 Å². The van der Waals surface area contributed by atoms with E-state index in [-0.39, 0.29) is 12.1 Å². The van der Waals surface area contributed by atoms with E-state index in [2.05, 4.69) is 33.6 Å². The molecule has 1 heterocycles. The van der Waals surface area contributed by atoms with E-state index in [9.17, 15) is 5.11 Å². The third-order valence-corrected chi connectivity index (χ3v) is 4.42. The number of hydrogen-bond donors (Lipinski definition) is 2. The fourth-order valence-electron chi connectivity index (χ4n) is 1.04. The van der Waals surface area contributed by atoms with Crippen molar-refractivity contribution < 1.29 is 5.11 Å². The van der Waals surface area contributed by atoms with Gasteiger partial charge in [-0.15, -0.1) is 11.3 Å². The second kappa shape index (κ2) is 5.26. The highest BCUT2D eigenvalue weighted by Gasteiger charge is 2.20. The summed E-state index contributed by atoms with van der Waals surface area (Å²) in [5.41, 5.74) is -0.163. The van der Waals surface area contributed by atoms with Crippen molar-refractivity contribution in [1.82, 2.24) is 5.32 Å². The van der Waals surface area contributed by atoms with Gasteiger partial charge in [0.15, 0.2) is 0 Å². The van der Waals surface area contributed by atoms with Crippen molar-refractivity contribution >= 4 is 27.3 Å². The molecule has 0 amide bonds. The van der Waals surface area contributed by atoms with Crippen molar-refractivity contribution in [1.29, 1.82) is 0 Å². The molecular weight excluding hydrogens is 262 g/mol. The Labute approximate surface area is 97.5 Å². The summed E-state index contributed by atoms with van der Waals surface area (Å²) in [7, 11) is 0. The zero-order valence-corrected chi connectivity index (χ0v) is 10.9. The van der Waals surface area contributed by atoms with Crippen LogP contribution in [0.15, 0.2) is 15.9 Å². The van der Waals surface area contributed by atoms with Crippen LogP contribution in [0.1, 0.15) is 25.1 Å². The Bertz CT molecular complexity index is 283. The molecule has 1 atom stereocenters.